The highest BCUT2D eigenvalue weighted by Gasteiger charge is 2.27. The molecule has 0 aliphatic carbocycles. The third-order valence-electron chi connectivity index (χ3n) is 12.5. The molecule has 0 aliphatic rings. The third-order valence-corrected chi connectivity index (χ3v) is 13.5. The third kappa shape index (κ3) is 53.6. The number of unbranched alkanes of at least 4 members (excludes halogenated alkanes) is 22. The van der Waals surface area contributed by atoms with Crippen molar-refractivity contribution in [2.75, 3.05) is 40.9 Å². The lowest BCUT2D eigenvalue weighted by Crippen LogP contribution is -2.47. The Bertz CT molecular complexity index is 1570. The van der Waals surface area contributed by atoms with Crippen LogP contribution in [0, 0.1) is 0 Å². The van der Waals surface area contributed by atoms with E-state index in [9.17, 15) is 19.0 Å². The molecule has 0 aliphatic heterocycles. The normalized spacial score (nSPS) is 14.5. The summed E-state index contributed by atoms with van der Waals surface area (Å²) in [5.74, 6) is -0.638. The average molecular weight is 1040 g/mol. The first-order chi connectivity index (χ1) is 35.4. The zero-order valence-corrected chi connectivity index (χ0v) is 48.7. The van der Waals surface area contributed by atoms with Crippen molar-refractivity contribution >= 4 is 19.7 Å². The predicted molar refractivity (Wildman–Crippen MR) is 311 cm³/mol. The maximum absolute atomic E-state index is 13.4. The van der Waals surface area contributed by atoms with E-state index < -0.39 is 26.6 Å². The summed E-state index contributed by atoms with van der Waals surface area (Å²) in [4.78, 5) is 39.8. The molecule has 0 fully saturated rings. The first-order valence-corrected chi connectivity index (χ1v) is 31.0. The number of hydrogen-bond donors (Lipinski definition) is 1. The molecule has 10 heteroatoms. The van der Waals surface area contributed by atoms with Crippen LogP contribution in [0.3, 0.4) is 0 Å². The Kier molecular flexibility index (Phi) is 50.2. The molecule has 3 unspecified atom stereocenters. The summed E-state index contributed by atoms with van der Waals surface area (Å²) >= 11 is 0. The Morgan fingerprint density at radius 3 is 1.34 bits per heavy atom. The molecule has 420 valence electrons. The van der Waals surface area contributed by atoms with E-state index in [1.54, 1.807) is 0 Å². The van der Waals surface area contributed by atoms with Crippen LogP contribution in [0.25, 0.3) is 0 Å². The van der Waals surface area contributed by atoms with Crippen LogP contribution in [-0.4, -0.2) is 69.4 Å². The first kappa shape index (κ1) is 69.9. The molecular weight excluding hydrogens is 928 g/mol. The topological polar surface area (TPSA) is 114 Å². The van der Waals surface area contributed by atoms with Crippen molar-refractivity contribution in [2.24, 2.45) is 0 Å². The Hall–Kier alpha value is -3.07. The minimum atomic E-state index is -4.71. The largest absolute Gasteiger partial charge is 0.756 e. The number of hydrogen-bond acceptors (Lipinski definition) is 7. The van der Waals surface area contributed by atoms with Crippen molar-refractivity contribution < 1.29 is 37.3 Å². The summed E-state index contributed by atoms with van der Waals surface area (Å²) in [6, 6.07) is -0.927. The zero-order chi connectivity index (χ0) is 53.6. The number of carbonyl (C=O) groups is 2. The number of esters is 1. The van der Waals surface area contributed by atoms with E-state index in [-0.39, 0.29) is 31.3 Å². The van der Waals surface area contributed by atoms with Crippen molar-refractivity contribution in [3.05, 3.63) is 97.2 Å². The van der Waals surface area contributed by atoms with Gasteiger partial charge in [0.2, 0.25) is 5.91 Å². The quantitative estimate of drug-likeness (QED) is 0.0212. The fraction of sp³-hybridized carbons (Fsp3) is 0.714. The molecule has 0 radical (unpaired) electrons. The van der Waals surface area contributed by atoms with Crippen molar-refractivity contribution in [3.8, 4) is 0 Å². The SMILES string of the molecule is CC/C=C\C/C=C\C/C=C\C/C=C\C/C=C\CCCCCCCCCC(=O)OC(/C=C\CCCCCCCCCCC)C(COP(=O)([O-])OCC[N+](C)(C)C)NC(=O)CC/C=C/C/C=C\CCCCCCCC. The molecule has 0 heterocycles. The van der Waals surface area contributed by atoms with E-state index in [4.69, 9.17) is 13.8 Å². The van der Waals surface area contributed by atoms with Gasteiger partial charge in [0.1, 0.15) is 19.3 Å². The molecule has 0 aromatic rings. The van der Waals surface area contributed by atoms with Gasteiger partial charge in [-0.3, -0.25) is 14.2 Å². The van der Waals surface area contributed by atoms with E-state index in [1.165, 1.54) is 103 Å². The number of carbonyl (C=O) groups excluding carboxylic acids is 2. The summed E-state index contributed by atoms with van der Waals surface area (Å²) in [5.41, 5.74) is 0. The number of ether oxygens (including phenoxy) is 1. The minimum Gasteiger partial charge on any atom is -0.756 e. The lowest BCUT2D eigenvalue weighted by atomic mass is 10.1. The van der Waals surface area contributed by atoms with Gasteiger partial charge in [-0.2, -0.15) is 0 Å². The van der Waals surface area contributed by atoms with E-state index >= 15 is 0 Å². The molecular formula is C63H111N2O7P. The molecule has 0 saturated carbocycles. The molecule has 0 aromatic carbocycles. The second kappa shape index (κ2) is 52.4. The number of amides is 1. The Morgan fingerprint density at radius 1 is 0.493 bits per heavy atom. The summed E-state index contributed by atoms with van der Waals surface area (Å²) in [6.45, 7) is 6.64. The van der Waals surface area contributed by atoms with E-state index in [0.29, 0.717) is 23.9 Å². The maximum Gasteiger partial charge on any atom is 0.306 e. The standard InChI is InChI=1S/C63H111N2O7P/c1-7-10-13-16-19-22-25-27-28-29-30-31-32-33-34-35-36-38-41-44-47-50-53-56-63(67)72-61(54-51-48-45-42-39-24-21-18-15-12-9-3)60(59-71-73(68,69)70-58-57-65(4,5)6)64-62(66)55-52-49-46-43-40-37-26-23-20-17-14-11-8-2/h10,13,19,22,27-28,30-31,33-34,37,40,46,49,51,54,60-61H,7-9,11-12,14-18,20-21,23-26,29,32,35-36,38-39,41-45,47-48,50,52-53,55-59H2,1-6H3,(H-,64,66,68,69)/b13-10-,22-19-,28-27-,31-30-,34-33-,40-37-,49-46+,54-51-. The number of rotatable bonds is 52. The molecule has 0 aromatic heterocycles. The van der Waals surface area contributed by atoms with E-state index in [1.807, 2.05) is 39.4 Å². The van der Waals surface area contributed by atoms with Gasteiger partial charge in [0.05, 0.1) is 33.8 Å². The van der Waals surface area contributed by atoms with Gasteiger partial charge >= 0.3 is 5.97 Å². The summed E-state index contributed by atoms with van der Waals surface area (Å²) in [5, 5.41) is 2.97. The van der Waals surface area contributed by atoms with Crippen molar-refractivity contribution in [3.63, 3.8) is 0 Å². The number of quaternary nitrogens is 1. The lowest BCUT2D eigenvalue weighted by Gasteiger charge is -2.30. The number of allylic oxidation sites excluding steroid dienone is 15. The molecule has 1 amide bonds. The zero-order valence-electron chi connectivity index (χ0n) is 47.8. The van der Waals surface area contributed by atoms with Gasteiger partial charge in [-0.15, -0.1) is 0 Å². The molecule has 73 heavy (non-hydrogen) atoms. The summed E-state index contributed by atoms with van der Waals surface area (Å²) < 4.78 is 30.2. The van der Waals surface area contributed by atoms with Crippen molar-refractivity contribution in [2.45, 2.75) is 251 Å². The Morgan fingerprint density at radius 2 is 0.890 bits per heavy atom. The second-order valence-corrected chi connectivity index (χ2v) is 22.2. The van der Waals surface area contributed by atoms with Crippen molar-refractivity contribution in [1.29, 1.82) is 0 Å². The fourth-order valence-electron chi connectivity index (χ4n) is 7.95. The van der Waals surface area contributed by atoms with Crippen LogP contribution in [0.4, 0.5) is 0 Å². The molecule has 0 spiro atoms. The summed E-state index contributed by atoms with van der Waals surface area (Å²) in [6.07, 6.45) is 69.7. The predicted octanol–water partition coefficient (Wildman–Crippen LogP) is 17.4. The number of phosphoric acid groups is 1. The molecule has 3 atom stereocenters. The van der Waals surface area contributed by atoms with Crippen LogP contribution in [0.2, 0.25) is 0 Å². The lowest BCUT2D eigenvalue weighted by molar-refractivity contribution is -0.870. The maximum atomic E-state index is 13.4. The summed E-state index contributed by atoms with van der Waals surface area (Å²) in [7, 11) is 1.13. The van der Waals surface area contributed by atoms with Crippen molar-refractivity contribution in [1.82, 2.24) is 5.32 Å². The number of likely N-dealkylation sites (N-methyl/N-ethyl adjacent to an activating group) is 1. The Labute approximate surface area is 449 Å². The van der Waals surface area contributed by atoms with Crippen LogP contribution in [-0.2, 0) is 27.9 Å². The average Bonchev–Trinajstić information content (AvgIpc) is 3.35. The van der Waals surface area contributed by atoms with Crippen LogP contribution < -0.4 is 10.2 Å². The molecule has 9 nitrogen and oxygen atoms in total. The van der Waals surface area contributed by atoms with Gasteiger partial charge < -0.3 is 28.5 Å². The molecule has 0 saturated heterocycles. The van der Waals surface area contributed by atoms with Crippen LogP contribution in [0.5, 0.6) is 0 Å². The van der Waals surface area contributed by atoms with Gasteiger partial charge in [-0.1, -0.05) is 227 Å². The van der Waals surface area contributed by atoms with Gasteiger partial charge in [0.15, 0.2) is 0 Å². The number of nitrogens with zero attached hydrogens (tertiary/aromatic N) is 1. The van der Waals surface area contributed by atoms with Gasteiger partial charge in [0, 0.05) is 12.8 Å². The monoisotopic (exact) mass is 1040 g/mol. The first-order valence-electron chi connectivity index (χ1n) is 29.5. The van der Waals surface area contributed by atoms with Crippen LogP contribution >= 0.6 is 7.82 Å². The smallest absolute Gasteiger partial charge is 0.306 e. The van der Waals surface area contributed by atoms with Gasteiger partial charge in [-0.05, 0) is 96.0 Å². The Balaban J connectivity index is 5.28. The second-order valence-electron chi connectivity index (χ2n) is 20.8. The fourth-order valence-corrected chi connectivity index (χ4v) is 8.67. The molecule has 0 bridgehead atoms. The molecule has 1 N–H and O–H groups in total. The van der Waals surface area contributed by atoms with Crippen LogP contribution in [0.1, 0.15) is 239 Å². The number of nitrogens with one attached hydrogen (secondary N) is 1. The van der Waals surface area contributed by atoms with Gasteiger partial charge in [-0.25, -0.2) is 0 Å². The minimum absolute atomic E-state index is 0.0377. The number of phosphoric ester groups is 1. The highest BCUT2D eigenvalue weighted by molar-refractivity contribution is 7.45. The van der Waals surface area contributed by atoms with Gasteiger partial charge in [0.25, 0.3) is 7.82 Å². The highest BCUT2D eigenvalue weighted by atomic mass is 31.2. The van der Waals surface area contributed by atoms with E-state index in [2.05, 4.69) is 105 Å². The molecule has 0 rings (SSSR count). The van der Waals surface area contributed by atoms with E-state index in [0.717, 1.165) is 89.9 Å². The van der Waals surface area contributed by atoms with Crippen LogP contribution in [0.15, 0.2) is 97.2 Å². The highest BCUT2D eigenvalue weighted by Crippen LogP contribution is 2.38.